The van der Waals surface area contributed by atoms with Crippen LogP contribution in [-0.2, 0) is 26.2 Å². The van der Waals surface area contributed by atoms with Gasteiger partial charge in [0.1, 0.15) is 24.2 Å². The topological polar surface area (TPSA) is 96.0 Å². The second-order valence-corrected chi connectivity index (χ2v) is 11.3. The summed E-state index contributed by atoms with van der Waals surface area (Å²) in [6, 6.07) is 11.3. The minimum absolute atomic E-state index is 0.0694. The first-order valence-corrected chi connectivity index (χ1v) is 14.4. The summed E-state index contributed by atoms with van der Waals surface area (Å²) in [5.41, 5.74) is 0.937. The quantitative estimate of drug-likeness (QED) is 0.473. The zero-order chi connectivity index (χ0) is 27.0. The van der Waals surface area contributed by atoms with Gasteiger partial charge < -0.3 is 15.0 Å². The fraction of sp³-hybridized carbons (Fsp3) is 0.481. The number of rotatable bonds is 11. The predicted octanol–water partition coefficient (Wildman–Crippen LogP) is 3.86. The standard InChI is InChI=1S/C27H36FN3O5S/c1-4-25(27(33)29-22-8-6-5-7-9-22)30(18-20-10-16-24(36-2)17-11-20)26(32)19-31(37(3,34)35)23-14-12-21(28)13-15-23/h10-17,22,25H,4-9,18-19H2,1-3H3,(H,29,33)/t25-/m0/s1. The SMILES string of the molecule is CC[C@@H](C(=O)NC1CCCCC1)N(Cc1ccc(OC)cc1)C(=O)CN(c1ccc(F)cc1)S(C)(=O)=O. The summed E-state index contributed by atoms with van der Waals surface area (Å²) in [6.45, 7) is 1.42. The van der Waals surface area contributed by atoms with Gasteiger partial charge in [-0.15, -0.1) is 0 Å². The number of carbonyl (C=O) groups excluding carboxylic acids is 2. The lowest BCUT2D eigenvalue weighted by atomic mass is 9.95. The number of carbonyl (C=O) groups is 2. The molecule has 0 spiro atoms. The highest BCUT2D eigenvalue weighted by Gasteiger charge is 2.32. The molecule has 0 radical (unpaired) electrons. The molecule has 1 aliphatic carbocycles. The lowest BCUT2D eigenvalue weighted by molar-refractivity contribution is -0.140. The molecule has 1 saturated carbocycles. The second-order valence-electron chi connectivity index (χ2n) is 9.38. The molecule has 37 heavy (non-hydrogen) atoms. The van der Waals surface area contributed by atoms with Gasteiger partial charge in [-0.05, 0) is 61.2 Å². The molecule has 8 nitrogen and oxygen atoms in total. The molecule has 2 aromatic carbocycles. The Kier molecular flexibility index (Phi) is 9.91. The molecule has 1 aliphatic rings. The van der Waals surface area contributed by atoms with E-state index in [1.165, 1.54) is 17.0 Å². The van der Waals surface area contributed by atoms with Crippen molar-refractivity contribution in [1.82, 2.24) is 10.2 Å². The fourth-order valence-corrected chi connectivity index (χ4v) is 5.46. The zero-order valence-corrected chi connectivity index (χ0v) is 22.5. The lowest BCUT2D eigenvalue weighted by Gasteiger charge is -2.34. The molecule has 0 aliphatic heterocycles. The first-order valence-electron chi connectivity index (χ1n) is 12.6. The number of sulfonamides is 1. The van der Waals surface area contributed by atoms with E-state index in [2.05, 4.69) is 5.32 Å². The molecule has 10 heteroatoms. The number of methoxy groups -OCH3 is 1. The van der Waals surface area contributed by atoms with E-state index in [9.17, 15) is 22.4 Å². The lowest BCUT2D eigenvalue weighted by Crippen LogP contribution is -2.53. The van der Waals surface area contributed by atoms with Gasteiger partial charge in [0.25, 0.3) is 0 Å². The van der Waals surface area contributed by atoms with Gasteiger partial charge in [0.05, 0.1) is 19.1 Å². The average Bonchev–Trinajstić information content (AvgIpc) is 2.88. The minimum atomic E-state index is -3.87. The zero-order valence-electron chi connectivity index (χ0n) is 21.7. The number of amides is 2. The molecular formula is C27H36FN3O5S. The number of ether oxygens (including phenoxy) is 1. The Morgan fingerprint density at radius 1 is 1.05 bits per heavy atom. The van der Waals surface area contributed by atoms with Crippen molar-refractivity contribution in [3.05, 3.63) is 59.9 Å². The Hall–Kier alpha value is -3.14. The van der Waals surface area contributed by atoms with E-state index in [-0.39, 0.29) is 24.2 Å². The highest BCUT2D eigenvalue weighted by atomic mass is 32.2. The molecular weight excluding hydrogens is 497 g/mol. The Bertz CT molecular complexity index is 1150. The smallest absolute Gasteiger partial charge is 0.244 e. The van der Waals surface area contributed by atoms with Gasteiger partial charge in [-0.2, -0.15) is 0 Å². The maximum absolute atomic E-state index is 13.7. The number of hydrogen-bond acceptors (Lipinski definition) is 5. The van der Waals surface area contributed by atoms with Crippen molar-refractivity contribution >= 4 is 27.5 Å². The van der Waals surface area contributed by atoms with Crippen LogP contribution in [0.2, 0.25) is 0 Å². The summed E-state index contributed by atoms with van der Waals surface area (Å²) in [6.07, 6.45) is 6.41. The summed E-state index contributed by atoms with van der Waals surface area (Å²) in [4.78, 5) is 28.5. The highest BCUT2D eigenvalue weighted by Crippen LogP contribution is 2.22. The van der Waals surface area contributed by atoms with Gasteiger partial charge in [0.2, 0.25) is 21.8 Å². The van der Waals surface area contributed by atoms with E-state index >= 15 is 0 Å². The van der Waals surface area contributed by atoms with Crippen LogP contribution >= 0.6 is 0 Å². The molecule has 1 atom stereocenters. The molecule has 202 valence electrons. The fourth-order valence-electron chi connectivity index (χ4n) is 4.61. The number of nitrogens with one attached hydrogen (secondary N) is 1. The molecule has 0 saturated heterocycles. The van der Waals surface area contributed by atoms with Gasteiger partial charge in [-0.1, -0.05) is 38.3 Å². The van der Waals surface area contributed by atoms with Crippen LogP contribution in [0.4, 0.5) is 10.1 Å². The largest absolute Gasteiger partial charge is 0.497 e. The van der Waals surface area contributed by atoms with Crippen molar-refractivity contribution in [2.75, 3.05) is 24.2 Å². The molecule has 1 N–H and O–H groups in total. The van der Waals surface area contributed by atoms with Crippen LogP contribution in [0, 0.1) is 5.82 Å². The molecule has 0 bridgehead atoms. The summed E-state index contributed by atoms with van der Waals surface area (Å²) in [5, 5.41) is 3.10. The van der Waals surface area contributed by atoms with E-state index in [1.54, 1.807) is 31.4 Å². The van der Waals surface area contributed by atoms with E-state index in [0.29, 0.717) is 12.2 Å². The van der Waals surface area contributed by atoms with Gasteiger partial charge >= 0.3 is 0 Å². The number of nitrogens with zero attached hydrogens (tertiary/aromatic N) is 2. The van der Waals surface area contributed by atoms with E-state index in [1.807, 2.05) is 6.92 Å². The average molecular weight is 534 g/mol. The van der Waals surface area contributed by atoms with Crippen molar-refractivity contribution in [2.24, 2.45) is 0 Å². The summed E-state index contributed by atoms with van der Waals surface area (Å²) < 4.78 is 44.8. The van der Waals surface area contributed by atoms with Crippen LogP contribution in [0.3, 0.4) is 0 Å². The summed E-state index contributed by atoms with van der Waals surface area (Å²) in [7, 11) is -2.31. The molecule has 2 amide bonds. The molecule has 1 fully saturated rings. The number of halogens is 1. The first kappa shape index (κ1) is 28.4. The van der Waals surface area contributed by atoms with Crippen LogP contribution in [0.5, 0.6) is 5.75 Å². The van der Waals surface area contributed by atoms with E-state index < -0.39 is 34.3 Å². The van der Waals surface area contributed by atoms with Crippen molar-refractivity contribution < 1.29 is 27.1 Å². The Labute approximate surface area is 218 Å². The Morgan fingerprint density at radius 3 is 2.22 bits per heavy atom. The van der Waals surface area contributed by atoms with Crippen LogP contribution in [0.25, 0.3) is 0 Å². The molecule has 2 aromatic rings. The van der Waals surface area contributed by atoms with Crippen molar-refractivity contribution in [3.8, 4) is 5.75 Å². The maximum Gasteiger partial charge on any atom is 0.244 e. The molecule has 0 heterocycles. The molecule has 0 aromatic heterocycles. The van der Waals surface area contributed by atoms with Crippen molar-refractivity contribution in [3.63, 3.8) is 0 Å². The van der Waals surface area contributed by atoms with Crippen molar-refractivity contribution in [2.45, 2.75) is 64.1 Å². The van der Waals surface area contributed by atoms with Gasteiger partial charge in [0.15, 0.2) is 0 Å². The Morgan fingerprint density at radius 2 is 1.68 bits per heavy atom. The summed E-state index contributed by atoms with van der Waals surface area (Å²) in [5.74, 6) is -0.640. The van der Waals surface area contributed by atoms with Gasteiger partial charge in [-0.25, -0.2) is 12.8 Å². The monoisotopic (exact) mass is 533 g/mol. The van der Waals surface area contributed by atoms with Crippen LogP contribution in [-0.4, -0.2) is 57.1 Å². The first-order chi connectivity index (χ1) is 17.6. The minimum Gasteiger partial charge on any atom is -0.497 e. The maximum atomic E-state index is 13.7. The second kappa shape index (κ2) is 12.9. The summed E-state index contributed by atoms with van der Waals surface area (Å²) >= 11 is 0. The predicted molar refractivity (Wildman–Crippen MR) is 141 cm³/mol. The van der Waals surface area contributed by atoms with Crippen molar-refractivity contribution in [1.29, 1.82) is 0 Å². The van der Waals surface area contributed by atoms with E-state index in [4.69, 9.17) is 4.74 Å². The number of anilines is 1. The Balaban J connectivity index is 1.90. The highest BCUT2D eigenvalue weighted by molar-refractivity contribution is 7.92. The van der Waals surface area contributed by atoms with Gasteiger partial charge in [-0.3, -0.25) is 13.9 Å². The van der Waals surface area contributed by atoms with Crippen LogP contribution < -0.4 is 14.4 Å². The van der Waals surface area contributed by atoms with Crippen LogP contribution in [0.1, 0.15) is 51.0 Å². The molecule has 0 unspecified atom stereocenters. The third-order valence-electron chi connectivity index (χ3n) is 6.64. The molecule has 3 rings (SSSR count). The third-order valence-corrected chi connectivity index (χ3v) is 7.78. The van der Waals surface area contributed by atoms with E-state index in [0.717, 1.165) is 60.4 Å². The normalized spacial score (nSPS) is 15.0. The third kappa shape index (κ3) is 7.92. The number of hydrogen-bond donors (Lipinski definition) is 1. The number of benzene rings is 2. The van der Waals surface area contributed by atoms with Gasteiger partial charge in [0, 0.05) is 12.6 Å². The van der Waals surface area contributed by atoms with Crippen LogP contribution in [0.15, 0.2) is 48.5 Å².